The number of hydrogen-bond donors (Lipinski definition) is 0. The fraction of sp³-hybridized carbons (Fsp3) is 0. The highest BCUT2D eigenvalue weighted by molar-refractivity contribution is 7.22. The van der Waals surface area contributed by atoms with Gasteiger partial charge in [-0.3, -0.25) is 0 Å². The van der Waals surface area contributed by atoms with E-state index in [1.54, 1.807) is 6.07 Å². The van der Waals surface area contributed by atoms with E-state index in [2.05, 4.69) is 373 Å². The van der Waals surface area contributed by atoms with Crippen LogP contribution in [-0.4, -0.2) is 37.9 Å². The minimum absolute atomic E-state index is 0.507. The molecule has 0 aliphatic heterocycles. The monoisotopic (exact) mass is 1960 g/mol. The van der Waals surface area contributed by atoms with Crippen LogP contribution in [0.2, 0.25) is 0 Å². The number of benzene rings is 21. The van der Waals surface area contributed by atoms with Gasteiger partial charge in [-0.2, -0.15) is 26.3 Å². The van der Waals surface area contributed by atoms with Crippen molar-refractivity contribution >= 4 is 175 Å². The topological polar surface area (TPSA) is 151 Å². The molecule has 0 amide bonds. The Balaban J connectivity index is 0.000000127. The van der Waals surface area contributed by atoms with Gasteiger partial charge in [-0.25, -0.2) is 19.4 Å². The van der Waals surface area contributed by atoms with Crippen LogP contribution in [0.15, 0.2) is 510 Å². The Labute approximate surface area is 872 Å². The molecule has 24 rings (SSSR count). The van der Waals surface area contributed by atoms with E-state index in [0.717, 1.165) is 147 Å². The van der Waals surface area contributed by atoms with Crippen LogP contribution in [0, 0.1) is 82.9 Å². The van der Waals surface area contributed by atoms with Crippen LogP contribution in [0.4, 0.5) is 22.7 Å². The Morgan fingerprint density at radius 1 is 0.207 bits per heavy atom. The molecule has 0 saturated carbocycles. The summed E-state index contributed by atoms with van der Waals surface area (Å²) in [6.45, 7) is 32.8. The number of hydrogen-bond acceptors (Lipinski definition) is 5. The first-order chi connectivity index (χ1) is 74.0. The summed E-state index contributed by atoms with van der Waals surface area (Å²) in [5, 5.41) is 69.9. The number of nitriles is 5. The Bertz CT molecular complexity index is 9510. The summed E-state index contributed by atoms with van der Waals surface area (Å²) in [7, 11) is -9.32. The van der Waals surface area contributed by atoms with Gasteiger partial charge >= 0.3 is 0 Å². The number of rotatable bonds is 18. The van der Waals surface area contributed by atoms with Crippen molar-refractivity contribution in [3.63, 3.8) is 0 Å². The first kappa shape index (κ1) is 94.0. The number of nitrogens with zero attached hydrogens (tertiary/aromatic N) is 12. The van der Waals surface area contributed by atoms with E-state index in [1.165, 1.54) is 31.1 Å². The summed E-state index contributed by atoms with van der Waals surface area (Å²) < 4.78 is 6.63. The molecular weight excluding hydrogens is 1870 g/mol. The zero-order valence-electron chi connectivity index (χ0n) is 80.9. The first-order valence-electron chi connectivity index (χ1n) is 49.0. The minimum atomic E-state index is -3.19. The largest absolute Gasteiger partial charge is 0.311 e. The van der Waals surface area contributed by atoms with E-state index in [1.807, 2.05) is 194 Å². The molecule has 696 valence electrons. The summed E-state index contributed by atoms with van der Waals surface area (Å²) in [6, 6.07) is 185. The molecule has 0 unspecified atom stereocenters. The highest BCUT2D eigenvalue weighted by Crippen LogP contribution is 2.43. The fourth-order valence-corrected chi connectivity index (χ4v) is 37.7. The smallest absolute Gasteiger partial charge is 0.196 e. The van der Waals surface area contributed by atoms with Gasteiger partial charge in [0.25, 0.3) is 0 Å². The molecule has 0 N–H and O–H groups in total. The van der Waals surface area contributed by atoms with Crippen LogP contribution in [0.5, 0.6) is 0 Å². The van der Waals surface area contributed by atoms with Gasteiger partial charge in [0, 0.05) is 43.9 Å². The molecule has 0 fully saturated rings. The van der Waals surface area contributed by atoms with Gasteiger partial charge in [-0.1, -0.05) is 394 Å². The Hall–Kier alpha value is -20.9. The summed E-state index contributed by atoms with van der Waals surface area (Å²) in [6.07, 6.45) is 0. The molecule has 3 aromatic heterocycles. The van der Waals surface area contributed by atoms with Crippen LogP contribution in [-0.2, 0) is 0 Å². The maximum absolute atomic E-state index is 10.8. The van der Waals surface area contributed by atoms with Gasteiger partial charge in [-0.15, -0.1) is 0 Å². The van der Waals surface area contributed by atoms with Gasteiger partial charge in [0.2, 0.25) is 0 Å². The Morgan fingerprint density at radius 3 is 1.03 bits per heavy atom. The van der Waals surface area contributed by atoms with Crippen LogP contribution >= 0.6 is 0 Å². The summed E-state index contributed by atoms with van der Waals surface area (Å²) in [5.74, 6) is 0. The fourth-order valence-electron chi connectivity index (χ4n) is 22.6. The van der Waals surface area contributed by atoms with Gasteiger partial charge in [0.05, 0.1) is 123 Å². The average molecular weight is 1960 g/mol. The lowest BCUT2D eigenvalue weighted by Gasteiger charge is -2.37. The SMILES string of the molecule is [C-]#[N+]c1cc(-n2c3ccccc3c3cc(C#N)ccc32)ccc1-c1ccc([N+]#[C-])c([Si](c2ccccc2)(c2ccccc2)c2ccccc2)c1.[C-]#[N+]c1ccc(C#N)c([Si](c2ccccc2)(c2ccccc2)c2ccccc2)c1-c1ccc(-n2c3ccccc3c3cc(C#N)ccc32)cc1.[C-]#[N+]c1ccc2c(c1)c1cc(C#N)ccc1n2-c1ccccc1-c1ccccc1[Si](c1ccccc1)(c1ccccc1)c1ccccc1C#N. The Kier molecular flexibility index (Phi) is 25.6. The predicted octanol–water partition coefficient (Wildman–Crippen LogP) is 25.0. The van der Waals surface area contributed by atoms with Crippen molar-refractivity contribution < 1.29 is 0 Å². The maximum Gasteiger partial charge on any atom is 0.196 e. The molecule has 12 nitrogen and oxygen atoms in total. The first-order valence-corrected chi connectivity index (χ1v) is 55.0. The third-order valence-electron chi connectivity index (χ3n) is 28.9. The molecule has 0 atom stereocenters. The highest BCUT2D eigenvalue weighted by Gasteiger charge is 2.48. The van der Waals surface area contributed by atoms with Gasteiger partial charge < -0.3 is 13.7 Å². The quantitative estimate of drug-likeness (QED) is 0.0476. The lowest BCUT2D eigenvalue weighted by molar-refractivity contribution is 1.18. The van der Waals surface area contributed by atoms with Crippen molar-refractivity contribution in [2.75, 3.05) is 0 Å². The zero-order valence-corrected chi connectivity index (χ0v) is 83.9. The van der Waals surface area contributed by atoms with Crippen molar-refractivity contribution in [2.45, 2.75) is 0 Å². The highest BCUT2D eigenvalue weighted by atomic mass is 28.3. The van der Waals surface area contributed by atoms with E-state index in [0.29, 0.717) is 50.6 Å². The predicted molar refractivity (Wildman–Crippen MR) is 618 cm³/mol. The zero-order chi connectivity index (χ0) is 102. The third-order valence-corrected chi connectivity index (χ3v) is 43.4. The molecule has 0 bridgehead atoms. The van der Waals surface area contributed by atoms with Crippen molar-refractivity contribution in [3.8, 4) is 80.8 Å². The molecule has 0 saturated heterocycles. The van der Waals surface area contributed by atoms with E-state index >= 15 is 0 Å². The third kappa shape index (κ3) is 16.2. The van der Waals surface area contributed by atoms with Crippen molar-refractivity contribution in [1.29, 1.82) is 26.3 Å². The average Bonchev–Trinajstić information content (AvgIpc) is 1.13. The second-order valence-electron chi connectivity index (χ2n) is 36.6. The molecule has 24 aromatic rings. The number of aromatic nitrogens is 3. The second-order valence-corrected chi connectivity index (χ2v) is 47.8. The Morgan fingerprint density at radius 2 is 0.567 bits per heavy atom. The molecule has 0 radical (unpaired) electrons. The van der Waals surface area contributed by atoms with Crippen molar-refractivity contribution in [2.24, 2.45) is 0 Å². The van der Waals surface area contributed by atoms with Crippen LogP contribution in [0.3, 0.4) is 0 Å². The lowest BCUT2D eigenvalue weighted by Crippen LogP contribution is -2.75. The van der Waals surface area contributed by atoms with Crippen molar-refractivity contribution in [1.82, 2.24) is 13.7 Å². The van der Waals surface area contributed by atoms with Gasteiger partial charge in [-0.05, 0) is 211 Å². The molecule has 15 heteroatoms. The summed E-state index contributed by atoms with van der Waals surface area (Å²) in [4.78, 5) is 16.0. The molecule has 0 aliphatic carbocycles. The van der Waals surface area contributed by atoms with Crippen molar-refractivity contribution in [3.05, 3.63) is 583 Å². The van der Waals surface area contributed by atoms with Gasteiger partial charge in [0.15, 0.2) is 47.0 Å². The van der Waals surface area contributed by atoms with Crippen LogP contribution in [0.1, 0.15) is 27.8 Å². The minimum Gasteiger partial charge on any atom is -0.311 e. The molecule has 0 aliphatic rings. The summed E-state index contributed by atoms with van der Waals surface area (Å²) in [5.41, 5.74) is 19.5. The van der Waals surface area contributed by atoms with E-state index in [4.69, 9.17) is 26.3 Å². The number of fused-ring (bicyclic) bond motifs is 9. The van der Waals surface area contributed by atoms with E-state index in [9.17, 15) is 26.3 Å². The summed E-state index contributed by atoms with van der Waals surface area (Å²) >= 11 is 0. The molecule has 3 heterocycles. The normalized spacial score (nSPS) is 11.1. The molecular formula is C135H84N12Si3. The molecule has 21 aromatic carbocycles. The van der Waals surface area contributed by atoms with Crippen LogP contribution < -0.4 is 62.2 Å². The second kappa shape index (κ2) is 40.8. The van der Waals surface area contributed by atoms with Gasteiger partial charge in [0.1, 0.15) is 0 Å². The van der Waals surface area contributed by atoms with E-state index in [-0.39, 0.29) is 0 Å². The molecule has 0 spiro atoms. The van der Waals surface area contributed by atoms with Crippen LogP contribution in [0.25, 0.3) is 135 Å². The molecule has 150 heavy (non-hydrogen) atoms. The maximum atomic E-state index is 10.8. The van der Waals surface area contributed by atoms with E-state index < -0.39 is 24.2 Å². The lowest BCUT2D eigenvalue weighted by atomic mass is 10.0. The number of para-hydroxylation sites is 3. The standard InChI is InChI=1S/3C45H28N4Si/c1-47-41-26-23-33(29-45(41)50(35-14-6-3-7-15-35,36-16-8-4-9-17-36)37-18-10-5-11-19-37)38-25-24-34(30-42(38)48-2)49-43-21-13-12-20-39(43)40-28-32(31-46)22-27-44(40)49;1-48-41-27-24-34(31-47)45(50(36-13-5-2-6-14-36,37-15-7-3-8-16-37)38-17-9-4-10-18-38)44(41)33-22-25-35(26-23-33)49-42-20-12-11-19-39(42)40-29-32(30-46)21-28-43(40)49;1-48-34-25-27-43-40(29-34)39-28-32(30-46)24-26-42(39)49(43)41-21-11-9-19-37(41)38-20-10-13-23-45(38)50(35-15-4-2-5-16-35,36-17-6-3-7-18-36)44-22-12-8-14-33(44)31-47/h3-30H;2*2-29H.